The van der Waals surface area contributed by atoms with E-state index in [0.717, 1.165) is 25.8 Å². The molecule has 1 saturated carbocycles. The zero-order chi connectivity index (χ0) is 20.0. The predicted molar refractivity (Wildman–Crippen MR) is 110 cm³/mol. The van der Waals surface area contributed by atoms with Crippen molar-refractivity contribution >= 4 is 29.1 Å². The molecule has 2 atom stereocenters. The second-order valence-corrected chi connectivity index (χ2v) is 8.23. The third kappa shape index (κ3) is 2.78. The molecule has 2 heterocycles. The summed E-state index contributed by atoms with van der Waals surface area (Å²) in [5, 5.41) is 6.45. The van der Waals surface area contributed by atoms with Crippen LogP contribution in [0.2, 0.25) is 0 Å². The van der Waals surface area contributed by atoms with Crippen molar-refractivity contribution in [2.24, 2.45) is 11.3 Å². The standard InChI is InChI=1S/C23H23N3O3/c27-20-18-9-1-2-10-19(18)21(28)26(20)17-8-5-7-16(12-17)25-22(29)23-11-4-3-6-15(23)13-24-14-23/h1-2,5,7-10,12,15,24H,3-4,6,11,13-14H2,(H,25,29)/t15-,23+/m0/s1. The Morgan fingerprint density at radius 3 is 2.55 bits per heavy atom. The number of rotatable bonds is 3. The summed E-state index contributed by atoms with van der Waals surface area (Å²) in [6.45, 7) is 1.60. The number of anilines is 2. The molecule has 2 aromatic rings. The van der Waals surface area contributed by atoms with Gasteiger partial charge in [-0.1, -0.05) is 31.0 Å². The molecule has 0 bridgehead atoms. The second-order valence-electron chi connectivity index (χ2n) is 8.23. The first-order valence-electron chi connectivity index (χ1n) is 10.2. The van der Waals surface area contributed by atoms with E-state index in [-0.39, 0.29) is 23.1 Å². The maximum absolute atomic E-state index is 13.2. The molecule has 0 unspecified atom stereocenters. The Morgan fingerprint density at radius 1 is 1.03 bits per heavy atom. The molecular weight excluding hydrogens is 366 g/mol. The van der Waals surface area contributed by atoms with Crippen LogP contribution in [0.15, 0.2) is 48.5 Å². The van der Waals surface area contributed by atoms with Crippen LogP contribution in [0.5, 0.6) is 0 Å². The number of benzene rings is 2. The fourth-order valence-corrected chi connectivity index (χ4v) is 5.09. The summed E-state index contributed by atoms with van der Waals surface area (Å²) in [6.07, 6.45) is 4.22. The van der Waals surface area contributed by atoms with Gasteiger partial charge in [0.25, 0.3) is 11.8 Å². The van der Waals surface area contributed by atoms with Crippen LogP contribution in [0.3, 0.4) is 0 Å². The van der Waals surface area contributed by atoms with Crippen LogP contribution in [0.25, 0.3) is 0 Å². The van der Waals surface area contributed by atoms with E-state index in [0.29, 0.717) is 35.0 Å². The lowest BCUT2D eigenvalue weighted by molar-refractivity contribution is -0.128. The maximum Gasteiger partial charge on any atom is 0.266 e. The summed E-state index contributed by atoms with van der Waals surface area (Å²) in [7, 11) is 0. The van der Waals surface area contributed by atoms with Crippen molar-refractivity contribution in [1.29, 1.82) is 0 Å². The number of hydrogen-bond acceptors (Lipinski definition) is 4. The van der Waals surface area contributed by atoms with Gasteiger partial charge in [0, 0.05) is 12.2 Å². The number of fused-ring (bicyclic) bond motifs is 2. The van der Waals surface area contributed by atoms with Crippen molar-refractivity contribution < 1.29 is 14.4 Å². The van der Waals surface area contributed by atoms with Gasteiger partial charge in [-0.15, -0.1) is 0 Å². The Kier molecular flexibility index (Phi) is 4.24. The summed E-state index contributed by atoms with van der Waals surface area (Å²) >= 11 is 0. The number of amides is 3. The first-order valence-corrected chi connectivity index (χ1v) is 10.2. The first-order chi connectivity index (χ1) is 14.1. The zero-order valence-corrected chi connectivity index (χ0v) is 16.1. The van der Waals surface area contributed by atoms with Gasteiger partial charge in [-0.2, -0.15) is 0 Å². The van der Waals surface area contributed by atoms with E-state index in [1.54, 1.807) is 48.5 Å². The Hall–Kier alpha value is -2.99. The molecule has 6 nitrogen and oxygen atoms in total. The van der Waals surface area contributed by atoms with Gasteiger partial charge < -0.3 is 10.6 Å². The molecule has 5 rings (SSSR count). The number of hydrogen-bond donors (Lipinski definition) is 2. The third-order valence-electron chi connectivity index (χ3n) is 6.65. The van der Waals surface area contributed by atoms with Crippen LogP contribution >= 0.6 is 0 Å². The summed E-state index contributed by atoms with van der Waals surface area (Å²) in [4.78, 5) is 39.9. The molecule has 6 heteroatoms. The highest BCUT2D eigenvalue weighted by atomic mass is 16.2. The van der Waals surface area contributed by atoms with E-state index in [4.69, 9.17) is 0 Å². The minimum atomic E-state index is -0.357. The monoisotopic (exact) mass is 389 g/mol. The molecule has 1 saturated heterocycles. The van der Waals surface area contributed by atoms with Crippen molar-refractivity contribution in [1.82, 2.24) is 5.32 Å². The van der Waals surface area contributed by atoms with E-state index in [9.17, 15) is 14.4 Å². The van der Waals surface area contributed by atoms with Crippen molar-refractivity contribution in [3.05, 3.63) is 59.7 Å². The van der Waals surface area contributed by atoms with Gasteiger partial charge in [-0.05, 0) is 55.6 Å². The van der Waals surface area contributed by atoms with E-state index in [1.165, 1.54) is 11.3 Å². The Labute approximate surface area is 169 Å². The fraction of sp³-hybridized carbons (Fsp3) is 0.348. The van der Waals surface area contributed by atoms with Gasteiger partial charge in [0.15, 0.2) is 0 Å². The van der Waals surface area contributed by atoms with Gasteiger partial charge in [0.05, 0.1) is 22.2 Å². The molecule has 0 spiro atoms. The maximum atomic E-state index is 13.2. The molecular formula is C23H23N3O3. The number of carbonyl (C=O) groups excluding carboxylic acids is 3. The SMILES string of the molecule is O=C1c2ccccc2C(=O)N1c1cccc(NC(=O)[C@@]23CCCC[C@H]2CNC3)c1. The van der Waals surface area contributed by atoms with Crippen molar-refractivity contribution in [2.45, 2.75) is 25.7 Å². The topological polar surface area (TPSA) is 78.5 Å². The summed E-state index contributed by atoms with van der Waals surface area (Å²) in [5.41, 5.74) is 1.54. The molecule has 0 radical (unpaired) electrons. The lowest BCUT2D eigenvalue weighted by Crippen LogP contribution is -2.44. The number of carbonyl (C=O) groups is 3. The average Bonchev–Trinajstić information content (AvgIpc) is 3.29. The minimum absolute atomic E-state index is 0.0340. The Bertz CT molecular complexity index is 983. The van der Waals surface area contributed by atoms with E-state index < -0.39 is 0 Å². The zero-order valence-electron chi connectivity index (χ0n) is 16.1. The lowest BCUT2D eigenvalue weighted by atomic mass is 9.67. The minimum Gasteiger partial charge on any atom is -0.325 e. The molecule has 2 aromatic carbocycles. The average molecular weight is 389 g/mol. The summed E-state index contributed by atoms with van der Waals surface area (Å²) in [5.74, 6) is -0.262. The highest BCUT2D eigenvalue weighted by molar-refractivity contribution is 6.34. The highest BCUT2D eigenvalue weighted by Gasteiger charge is 2.49. The summed E-state index contributed by atoms with van der Waals surface area (Å²) < 4.78 is 0. The van der Waals surface area contributed by atoms with Gasteiger partial charge in [-0.25, -0.2) is 4.90 Å². The quantitative estimate of drug-likeness (QED) is 0.790. The van der Waals surface area contributed by atoms with Crippen molar-refractivity contribution in [2.75, 3.05) is 23.3 Å². The molecule has 3 aliphatic rings. The lowest BCUT2D eigenvalue weighted by Gasteiger charge is -2.37. The van der Waals surface area contributed by atoms with Gasteiger partial charge in [-0.3, -0.25) is 14.4 Å². The molecule has 0 aromatic heterocycles. The van der Waals surface area contributed by atoms with Crippen molar-refractivity contribution in [3.8, 4) is 0 Å². The van der Waals surface area contributed by atoms with Crippen LogP contribution in [0.4, 0.5) is 11.4 Å². The highest BCUT2D eigenvalue weighted by Crippen LogP contribution is 2.44. The largest absolute Gasteiger partial charge is 0.325 e. The molecule has 2 N–H and O–H groups in total. The van der Waals surface area contributed by atoms with Crippen LogP contribution in [-0.4, -0.2) is 30.8 Å². The van der Waals surface area contributed by atoms with Crippen LogP contribution in [0, 0.1) is 11.3 Å². The Morgan fingerprint density at radius 2 is 1.79 bits per heavy atom. The molecule has 2 fully saturated rings. The van der Waals surface area contributed by atoms with Crippen LogP contribution in [-0.2, 0) is 4.79 Å². The summed E-state index contributed by atoms with van der Waals surface area (Å²) in [6, 6.07) is 13.8. The molecule has 2 aliphatic heterocycles. The molecule has 1 aliphatic carbocycles. The number of nitrogens with one attached hydrogen (secondary N) is 2. The Balaban J connectivity index is 1.41. The molecule has 148 valence electrons. The van der Waals surface area contributed by atoms with Crippen molar-refractivity contribution in [3.63, 3.8) is 0 Å². The molecule has 29 heavy (non-hydrogen) atoms. The normalized spacial score (nSPS) is 25.7. The predicted octanol–water partition coefficient (Wildman–Crippen LogP) is 3.21. The van der Waals surface area contributed by atoms with Crippen LogP contribution < -0.4 is 15.5 Å². The third-order valence-corrected chi connectivity index (χ3v) is 6.65. The van der Waals surface area contributed by atoms with E-state index >= 15 is 0 Å². The van der Waals surface area contributed by atoms with E-state index in [1.807, 2.05) is 0 Å². The smallest absolute Gasteiger partial charge is 0.266 e. The number of imide groups is 1. The second kappa shape index (κ2) is 6.81. The van der Waals surface area contributed by atoms with Gasteiger partial charge in [0.1, 0.15) is 0 Å². The van der Waals surface area contributed by atoms with Gasteiger partial charge in [0.2, 0.25) is 5.91 Å². The van der Waals surface area contributed by atoms with E-state index in [2.05, 4.69) is 10.6 Å². The first kappa shape index (κ1) is 18.1. The fourth-order valence-electron chi connectivity index (χ4n) is 5.09. The molecule has 3 amide bonds. The van der Waals surface area contributed by atoms with Crippen LogP contribution in [0.1, 0.15) is 46.4 Å². The van der Waals surface area contributed by atoms with Gasteiger partial charge >= 0.3 is 0 Å². The number of nitrogens with zero attached hydrogens (tertiary/aromatic N) is 1.